The Bertz CT molecular complexity index is 1010. The van der Waals surface area contributed by atoms with E-state index in [1.165, 1.54) is 24.3 Å². The Morgan fingerprint density at radius 1 is 0.889 bits per heavy atom. The van der Waals surface area contributed by atoms with Crippen LogP contribution in [-0.4, -0.2) is 16.8 Å². The first-order chi connectivity index (χ1) is 12.9. The van der Waals surface area contributed by atoms with Gasteiger partial charge in [-0.1, -0.05) is 22.0 Å². The summed E-state index contributed by atoms with van der Waals surface area (Å²) in [5, 5.41) is 5.26. The molecule has 1 aromatic heterocycles. The van der Waals surface area contributed by atoms with Gasteiger partial charge in [0.05, 0.1) is 5.56 Å². The number of nitrogens with zero attached hydrogens (tertiary/aromatic N) is 1. The molecule has 2 aromatic carbocycles. The molecule has 1 heterocycles. The van der Waals surface area contributed by atoms with Crippen molar-refractivity contribution in [3.05, 3.63) is 86.7 Å². The topological polar surface area (TPSA) is 71.1 Å². The van der Waals surface area contributed by atoms with E-state index in [0.717, 1.165) is 4.47 Å². The van der Waals surface area contributed by atoms with Crippen molar-refractivity contribution in [2.45, 2.75) is 0 Å². The summed E-state index contributed by atoms with van der Waals surface area (Å²) in [6.07, 6.45) is 1.57. The summed E-state index contributed by atoms with van der Waals surface area (Å²) in [5.74, 6) is -1.23. The molecular formula is C19H12Br2FN3O2. The van der Waals surface area contributed by atoms with E-state index >= 15 is 0 Å². The number of benzene rings is 2. The van der Waals surface area contributed by atoms with E-state index in [-0.39, 0.29) is 11.5 Å². The molecule has 27 heavy (non-hydrogen) atoms. The minimum atomic E-state index is -0.633. The lowest BCUT2D eigenvalue weighted by Crippen LogP contribution is -2.16. The van der Waals surface area contributed by atoms with Gasteiger partial charge in [0.1, 0.15) is 11.6 Å². The van der Waals surface area contributed by atoms with E-state index in [2.05, 4.69) is 47.5 Å². The molecule has 2 amide bonds. The van der Waals surface area contributed by atoms with Gasteiger partial charge in [-0.25, -0.2) is 9.37 Å². The number of amides is 2. The number of carbonyl (C=O) groups is 2. The summed E-state index contributed by atoms with van der Waals surface area (Å²) in [5.41, 5.74) is 0.598. The van der Waals surface area contributed by atoms with Gasteiger partial charge in [-0.05, 0) is 64.5 Å². The zero-order chi connectivity index (χ0) is 19.4. The van der Waals surface area contributed by atoms with Crippen LogP contribution >= 0.6 is 31.9 Å². The smallest absolute Gasteiger partial charge is 0.258 e. The van der Waals surface area contributed by atoms with E-state index in [1.54, 1.807) is 36.5 Å². The second kappa shape index (κ2) is 8.41. The van der Waals surface area contributed by atoms with E-state index < -0.39 is 11.7 Å². The zero-order valence-corrected chi connectivity index (χ0v) is 16.8. The number of anilines is 2. The number of nitrogens with one attached hydrogen (secondary N) is 2. The van der Waals surface area contributed by atoms with Gasteiger partial charge < -0.3 is 10.6 Å². The summed E-state index contributed by atoms with van der Waals surface area (Å²) >= 11 is 6.48. The monoisotopic (exact) mass is 491 g/mol. The standard InChI is InChI=1S/C19H12Br2FN3O2/c20-12-4-6-16(22)15(9-12)19(27)24-14-3-1-2-11(8-14)18(26)25-17-7-5-13(21)10-23-17/h1-10H,(H,24,27)(H,23,25,26). The second-order valence-electron chi connectivity index (χ2n) is 5.47. The molecule has 0 radical (unpaired) electrons. The Labute approximate surface area is 171 Å². The molecule has 136 valence electrons. The van der Waals surface area contributed by atoms with Gasteiger partial charge in [-0.3, -0.25) is 9.59 Å². The SMILES string of the molecule is O=C(Nc1ccc(Br)cn1)c1cccc(NC(=O)c2cc(Br)ccc2F)c1. The third-order valence-corrected chi connectivity index (χ3v) is 4.49. The number of aromatic nitrogens is 1. The molecule has 0 unspecified atom stereocenters. The summed E-state index contributed by atoms with van der Waals surface area (Å²) in [6.45, 7) is 0. The molecular weight excluding hydrogens is 481 g/mol. The summed E-state index contributed by atoms with van der Waals surface area (Å²) in [6, 6.07) is 13.8. The van der Waals surface area contributed by atoms with E-state index in [1.807, 2.05) is 0 Å². The predicted octanol–water partition coefficient (Wildman–Crippen LogP) is 5.25. The number of hydrogen-bond donors (Lipinski definition) is 2. The van der Waals surface area contributed by atoms with Crippen molar-refractivity contribution >= 4 is 55.2 Å². The van der Waals surface area contributed by atoms with Gasteiger partial charge in [-0.15, -0.1) is 0 Å². The van der Waals surface area contributed by atoms with Gasteiger partial charge in [0, 0.05) is 26.4 Å². The quantitative estimate of drug-likeness (QED) is 0.522. The fourth-order valence-electron chi connectivity index (χ4n) is 2.25. The van der Waals surface area contributed by atoms with Crippen LogP contribution in [0.1, 0.15) is 20.7 Å². The molecule has 0 atom stereocenters. The molecule has 8 heteroatoms. The number of pyridine rings is 1. The number of rotatable bonds is 4. The average Bonchev–Trinajstić information content (AvgIpc) is 2.65. The summed E-state index contributed by atoms with van der Waals surface area (Å²) in [7, 11) is 0. The molecule has 0 aliphatic carbocycles. The first-order valence-corrected chi connectivity index (χ1v) is 9.30. The molecule has 0 spiro atoms. The van der Waals surface area contributed by atoms with Crippen molar-refractivity contribution < 1.29 is 14.0 Å². The van der Waals surface area contributed by atoms with Crippen LogP contribution in [0.15, 0.2) is 69.7 Å². The fourth-order valence-corrected chi connectivity index (χ4v) is 2.84. The zero-order valence-electron chi connectivity index (χ0n) is 13.7. The molecule has 0 fully saturated rings. The predicted molar refractivity (Wildman–Crippen MR) is 108 cm³/mol. The number of carbonyl (C=O) groups excluding carboxylic acids is 2. The third-order valence-electron chi connectivity index (χ3n) is 3.52. The Balaban J connectivity index is 1.75. The third kappa shape index (κ3) is 4.99. The van der Waals surface area contributed by atoms with Crippen molar-refractivity contribution in [3.8, 4) is 0 Å². The Morgan fingerprint density at radius 3 is 2.41 bits per heavy atom. The van der Waals surface area contributed by atoms with Crippen molar-refractivity contribution in [2.24, 2.45) is 0 Å². The highest BCUT2D eigenvalue weighted by Gasteiger charge is 2.14. The lowest BCUT2D eigenvalue weighted by Gasteiger charge is -2.09. The molecule has 2 N–H and O–H groups in total. The Morgan fingerprint density at radius 2 is 1.67 bits per heavy atom. The van der Waals surface area contributed by atoms with Crippen LogP contribution in [0.5, 0.6) is 0 Å². The van der Waals surface area contributed by atoms with Crippen LogP contribution in [0.3, 0.4) is 0 Å². The highest BCUT2D eigenvalue weighted by molar-refractivity contribution is 9.10. The van der Waals surface area contributed by atoms with Gasteiger partial charge in [0.15, 0.2) is 0 Å². The molecule has 0 bridgehead atoms. The van der Waals surface area contributed by atoms with Crippen LogP contribution in [0.4, 0.5) is 15.9 Å². The van der Waals surface area contributed by atoms with Crippen LogP contribution in [0, 0.1) is 5.82 Å². The number of halogens is 3. The minimum Gasteiger partial charge on any atom is -0.322 e. The molecule has 3 aromatic rings. The van der Waals surface area contributed by atoms with Crippen molar-refractivity contribution in [1.29, 1.82) is 0 Å². The van der Waals surface area contributed by atoms with Crippen molar-refractivity contribution in [3.63, 3.8) is 0 Å². The molecule has 5 nitrogen and oxygen atoms in total. The molecule has 0 saturated carbocycles. The normalized spacial score (nSPS) is 10.3. The second-order valence-corrected chi connectivity index (χ2v) is 7.31. The lowest BCUT2D eigenvalue weighted by atomic mass is 10.1. The van der Waals surface area contributed by atoms with Gasteiger partial charge in [0.2, 0.25) is 0 Å². The molecule has 0 saturated heterocycles. The Kier molecular flexibility index (Phi) is 5.98. The van der Waals surface area contributed by atoms with E-state index in [9.17, 15) is 14.0 Å². The van der Waals surface area contributed by atoms with Crippen LogP contribution < -0.4 is 10.6 Å². The maximum absolute atomic E-state index is 13.8. The van der Waals surface area contributed by atoms with Gasteiger partial charge in [0.25, 0.3) is 11.8 Å². The largest absolute Gasteiger partial charge is 0.322 e. The summed E-state index contributed by atoms with van der Waals surface area (Å²) in [4.78, 5) is 28.7. The first-order valence-electron chi connectivity index (χ1n) is 7.72. The minimum absolute atomic E-state index is 0.0988. The van der Waals surface area contributed by atoms with E-state index in [0.29, 0.717) is 21.5 Å². The van der Waals surface area contributed by atoms with Crippen molar-refractivity contribution in [2.75, 3.05) is 10.6 Å². The van der Waals surface area contributed by atoms with Crippen LogP contribution in [0.2, 0.25) is 0 Å². The average molecular weight is 493 g/mol. The maximum atomic E-state index is 13.8. The van der Waals surface area contributed by atoms with E-state index in [4.69, 9.17) is 0 Å². The highest BCUT2D eigenvalue weighted by atomic mass is 79.9. The summed E-state index contributed by atoms with van der Waals surface area (Å²) < 4.78 is 15.2. The fraction of sp³-hybridized carbons (Fsp3) is 0. The molecule has 0 aliphatic rings. The number of hydrogen-bond acceptors (Lipinski definition) is 3. The van der Waals surface area contributed by atoms with Crippen molar-refractivity contribution in [1.82, 2.24) is 4.98 Å². The van der Waals surface area contributed by atoms with Crippen LogP contribution in [0.25, 0.3) is 0 Å². The molecule has 3 rings (SSSR count). The maximum Gasteiger partial charge on any atom is 0.258 e. The first kappa shape index (κ1) is 19.2. The highest BCUT2D eigenvalue weighted by Crippen LogP contribution is 2.19. The van der Waals surface area contributed by atoms with Gasteiger partial charge >= 0.3 is 0 Å². The Hall–Kier alpha value is -2.58. The van der Waals surface area contributed by atoms with Gasteiger partial charge in [-0.2, -0.15) is 0 Å². The molecule has 0 aliphatic heterocycles. The van der Waals surface area contributed by atoms with Crippen LogP contribution in [-0.2, 0) is 0 Å². The lowest BCUT2D eigenvalue weighted by molar-refractivity contribution is 0.101.